The van der Waals surface area contributed by atoms with Crippen LogP contribution in [-0.2, 0) is 19.4 Å². The van der Waals surface area contributed by atoms with Crippen LogP contribution in [0.5, 0.6) is 0 Å². The zero-order valence-corrected chi connectivity index (χ0v) is 11.3. The van der Waals surface area contributed by atoms with Crippen molar-refractivity contribution in [1.82, 2.24) is 10.2 Å². The number of amides is 2. The zero-order chi connectivity index (χ0) is 15.2. The summed E-state index contributed by atoms with van der Waals surface area (Å²) in [5.74, 6) is -3.06. The van der Waals surface area contributed by atoms with Crippen molar-refractivity contribution < 1.29 is 33.0 Å². The molecule has 10 heteroatoms. The molecule has 110 valence electrons. The monoisotopic (exact) mass is 296 g/mol. The predicted octanol–water partition coefficient (Wildman–Crippen LogP) is -1.40. The number of carbonyl (C=O) groups is 3. The van der Waals surface area contributed by atoms with Gasteiger partial charge in [0, 0.05) is 12.3 Å². The number of carboxylic acids is 2. The lowest BCUT2D eigenvalue weighted by Gasteiger charge is -2.21. The number of urea groups is 1. The highest BCUT2D eigenvalue weighted by atomic mass is 32.2. The molecule has 0 aromatic carbocycles. The second-order valence-electron chi connectivity index (χ2n) is 4.09. The number of hydrogen-bond acceptors (Lipinski definition) is 5. The van der Waals surface area contributed by atoms with Crippen LogP contribution < -0.4 is 5.32 Å². The van der Waals surface area contributed by atoms with Gasteiger partial charge in [-0.3, -0.25) is 9.59 Å². The molecule has 0 spiro atoms. The average molecular weight is 296 g/mol. The van der Waals surface area contributed by atoms with Gasteiger partial charge in [-0.2, -0.15) is 0 Å². The fourth-order valence-electron chi connectivity index (χ4n) is 1.32. The molecule has 0 rings (SSSR count). The van der Waals surface area contributed by atoms with Crippen molar-refractivity contribution in [3.05, 3.63) is 0 Å². The molecule has 19 heavy (non-hydrogen) atoms. The Morgan fingerprint density at radius 2 is 1.58 bits per heavy atom. The summed E-state index contributed by atoms with van der Waals surface area (Å²) in [5, 5.41) is 19.3. The molecule has 0 saturated heterocycles. The maximum atomic E-state index is 11.6. The number of rotatable bonds is 7. The van der Waals surface area contributed by atoms with Gasteiger partial charge in [0.1, 0.15) is 22.9 Å². The molecule has 0 aliphatic heterocycles. The summed E-state index contributed by atoms with van der Waals surface area (Å²) in [6.45, 7) is -0.161. The lowest BCUT2D eigenvalue weighted by Crippen LogP contribution is -2.49. The Bertz CT molecular complexity index is 443. The Hall–Kier alpha value is -1.84. The minimum absolute atomic E-state index is 0.327. The molecule has 0 aromatic rings. The third-order valence-corrected chi connectivity index (χ3v) is 2.97. The Morgan fingerprint density at radius 1 is 1.16 bits per heavy atom. The Balaban J connectivity index is 4.63. The van der Waals surface area contributed by atoms with Crippen molar-refractivity contribution in [3.8, 4) is 0 Å². The van der Waals surface area contributed by atoms with Crippen LogP contribution in [0.25, 0.3) is 0 Å². The lowest BCUT2D eigenvalue weighted by molar-refractivity contribution is -0.140. The van der Waals surface area contributed by atoms with Gasteiger partial charge in [0.15, 0.2) is 0 Å². The highest BCUT2D eigenvalue weighted by Gasteiger charge is 2.22. The van der Waals surface area contributed by atoms with Gasteiger partial charge in [0.2, 0.25) is 0 Å². The van der Waals surface area contributed by atoms with Gasteiger partial charge >= 0.3 is 18.0 Å². The lowest BCUT2D eigenvalue weighted by atomic mass is 10.4. The molecule has 0 bridgehead atoms. The molecule has 9 nitrogen and oxygen atoms in total. The summed E-state index contributed by atoms with van der Waals surface area (Å²) in [6, 6.07) is -1.70. The summed E-state index contributed by atoms with van der Waals surface area (Å²) in [6.07, 6.45) is 0.988. The first-order chi connectivity index (χ1) is 8.51. The first-order valence-corrected chi connectivity index (χ1v) is 7.24. The van der Waals surface area contributed by atoms with E-state index in [4.69, 9.17) is 10.2 Å². The Labute approximate surface area is 110 Å². The second kappa shape index (κ2) is 6.92. The maximum absolute atomic E-state index is 11.6. The summed E-state index contributed by atoms with van der Waals surface area (Å²) in [5.41, 5.74) is 0. The van der Waals surface area contributed by atoms with Crippen LogP contribution in [0.15, 0.2) is 0 Å². The highest BCUT2D eigenvalue weighted by molar-refractivity contribution is 7.90. The average Bonchev–Trinajstić information content (AvgIpc) is 2.11. The number of carbonyl (C=O) groups excluding carboxylic acids is 1. The van der Waals surface area contributed by atoms with Crippen molar-refractivity contribution >= 4 is 27.8 Å². The summed E-state index contributed by atoms with van der Waals surface area (Å²) in [4.78, 5) is 33.2. The molecule has 0 fully saturated rings. The van der Waals surface area contributed by atoms with Gasteiger partial charge in [-0.05, 0) is 6.92 Å². The number of sulfone groups is 1. The summed E-state index contributed by atoms with van der Waals surface area (Å²) in [7, 11) is -3.31. The second-order valence-corrected chi connectivity index (χ2v) is 6.27. The maximum Gasteiger partial charge on any atom is 0.323 e. The van der Waals surface area contributed by atoms with Crippen molar-refractivity contribution in [2.45, 2.75) is 13.0 Å². The SMILES string of the molecule is CC(CS(C)(=O)=O)NC(=O)N(CC(=O)O)CC(=O)O. The number of nitrogens with one attached hydrogen (secondary N) is 1. The minimum atomic E-state index is -3.31. The molecule has 0 aliphatic rings. The highest BCUT2D eigenvalue weighted by Crippen LogP contribution is 1.95. The van der Waals surface area contributed by atoms with E-state index in [9.17, 15) is 22.8 Å². The zero-order valence-electron chi connectivity index (χ0n) is 10.5. The van der Waals surface area contributed by atoms with E-state index in [1.165, 1.54) is 6.92 Å². The Kier molecular flexibility index (Phi) is 6.25. The van der Waals surface area contributed by atoms with E-state index in [1.807, 2.05) is 0 Å². The minimum Gasteiger partial charge on any atom is -0.480 e. The van der Waals surface area contributed by atoms with E-state index in [0.29, 0.717) is 4.90 Å². The molecular weight excluding hydrogens is 280 g/mol. The van der Waals surface area contributed by atoms with Gasteiger partial charge in [-0.1, -0.05) is 0 Å². The van der Waals surface area contributed by atoms with Crippen LogP contribution >= 0.6 is 0 Å². The largest absolute Gasteiger partial charge is 0.480 e. The quantitative estimate of drug-likeness (QED) is 0.524. The molecule has 0 aromatic heterocycles. The van der Waals surface area contributed by atoms with Gasteiger partial charge in [-0.25, -0.2) is 13.2 Å². The van der Waals surface area contributed by atoms with Crippen molar-refractivity contribution in [3.63, 3.8) is 0 Å². The van der Waals surface area contributed by atoms with Crippen molar-refractivity contribution in [2.75, 3.05) is 25.1 Å². The topological polar surface area (TPSA) is 141 Å². The third kappa shape index (κ3) is 8.83. The smallest absolute Gasteiger partial charge is 0.323 e. The fourth-order valence-corrected chi connectivity index (χ4v) is 2.32. The number of hydrogen-bond donors (Lipinski definition) is 3. The molecule has 3 N–H and O–H groups in total. The number of carboxylic acid groups (broad SMARTS) is 2. The van der Waals surface area contributed by atoms with E-state index in [2.05, 4.69) is 5.32 Å². The molecule has 0 saturated carbocycles. The van der Waals surface area contributed by atoms with Gasteiger partial charge < -0.3 is 20.4 Å². The van der Waals surface area contributed by atoms with E-state index in [0.717, 1.165) is 6.26 Å². The van der Waals surface area contributed by atoms with Gasteiger partial charge in [0.25, 0.3) is 0 Å². The molecule has 1 atom stereocenters. The van der Waals surface area contributed by atoms with Gasteiger partial charge in [0.05, 0.1) is 5.75 Å². The molecule has 1 unspecified atom stereocenters. The van der Waals surface area contributed by atoms with Crippen molar-refractivity contribution in [2.24, 2.45) is 0 Å². The molecular formula is C9H16N2O7S. The molecule has 2 amide bonds. The fraction of sp³-hybridized carbons (Fsp3) is 0.667. The molecule has 0 radical (unpaired) electrons. The van der Waals surface area contributed by atoms with E-state index in [-0.39, 0.29) is 5.75 Å². The van der Waals surface area contributed by atoms with Crippen LogP contribution in [0.2, 0.25) is 0 Å². The standard InChI is InChI=1S/C9H16N2O7S/c1-6(5-19(2,17)18)10-9(16)11(3-7(12)13)4-8(14)15/h6H,3-5H2,1-2H3,(H,10,16)(H,12,13)(H,14,15). The first kappa shape index (κ1) is 17.2. The van der Waals surface area contributed by atoms with Crippen molar-refractivity contribution in [1.29, 1.82) is 0 Å². The number of nitrogens with zero attached hydrogens (tertiary/aromatic N) is 1. The Morgan fingerprint density at radius 3 is 1.89 bits per heavy atom. The summed E-state index contributed by atoms with van der Waals surface area (Å²) < 4.78 is 22.0. The number of aliphatic carboxylic acids is 2. The van der Waals surface area contributed by atoms with E-state index in [1.54, 1.807) is 0 Å². The summed E-state index contributed by atoms with van der Waals surface area (Å²) >= 11 is 0. The van der Waals surface area contributed by atoms with Gasteiger partial charge in [-0.15, -0.1) is 0 Å². The van der Waals surface area contributed by atoms with E-state index >= 15 is 0 Å². The van der Waals surface area contributed by atoms with Crippen LogP contribution in [0, 0.1) is 0 Å². The predicted molar refractivity (Wildman–Crippen MR) is 64.5 cm³/mol. The third-order valence-electron chi connectivity index (χ3n) is 1.86. The van der Waals surface area contributed by atoms with Crippen LogP contribution in [0.1, 0.15) is 6.92 Å². The van der Waals surface area contributed by atoms with Crippen LogP contribution in [-0.4, -0.2) is 72.6 Å². The van der Waals surface area contributed by atoms with E-state index < -0.39 is 46.9 Å². The van der Waals surface area contributed by atoms with Crippen LogP contribution in [0.4, 0.5) is 4.79 Å². The first-order valence-electron chi connectivity index (χ1n) is 5.18. The normalized spacial score (nSPS) is 12.5. The van der Waals surface area contributed by atoms with Crippen LogP contribution in [0.3, 0.4) is 0 Å². The molecule has 0 aliphatic carbocycles. The molecule has 0 heterocycles.